The van der Waals surface area contributed by atoms with Gasteiger partial charge in [0.2, 0.25) is 15.9 Å². The molecule has 1 unspecified atom stereocenters. The standard InChI is InChI=1S/C29H42N4O5S.ClH/c1-39(36,37)32-25-9-13-27(14-10-25)38-26-11-7-22(8-12-26)21-33-18-15-24(16-19-33)30-28(17-20-34)29(35)31-23-5-3-2-4-6-23;/h7-14,23-24,28,30,32,34H,2-6,15-21H2,1H3,(H,31,35);1H. The van der Waals surface area contributed by atoms with Crippen LogP contribution in [0.1, 0.15) is 56.9 Å². The van der Waals surface area contributed by atoms with Crippen molar-refractivity contribution < 1.29 is 23.1 Å². The van der Waals surface area contributed by atoms with Crippen LogP contribution in [0.4, 0.5) is 5.69 Å². The number of rotatable bonds is 12. The Morgan fingerprint density at radius 3 is 2.12 bits per heavy atom. The summed E-state index contributed by atoms with van der Waals surface area (Å²) in [6, 6.07) is 15.0. The topological polar surface area (TPSA) is 120 Å². The third kappa shape index (κ3) is 10.6. The third-order valence-electron chi connectivity index (χ3n) is 7.43. The fourth-order valence-electron chi connectivity index (χ4n) is 5.37. The number of halogens is 1. The zero-order valence-electron chi connectivity index (χ0n) is 23.2. The molecule has 1 aliphatic carbocycles. The monoisotopic (exact) mass is 594 g/mol. The molecule has 4 N–H and O–H groups in total. The molecule has 2 aromatic rings. The van der Waals surface area contributed by atoms with E-state index in [-0.39, 0.29) is 43.0 Å². The molecule has 1 saturated carbocycles. The summed E-state index contributed by atoms with van der Waals surface area (Å²) in [5.41, 5.74) is 1.69. The molecule has 0 radical (unpaired) electrons. The van der Waals surface area contributed by atoms with Crippen LogP contribution in [0.5, 0.6) is 11.5 Å². The summed E-state index contributed by atoms with van der Waals surface area (Å²) in [4.78, 5) is 15.3. The molecule has 4 rings (SSSR count). The molecule has 222 valence electrons. The van der Waals surface area contributed by atoms with Gasteiger partial charge in [-0.15, -0.1) is 12.4 Å². The van der Waals surface area contributed by atoms with Crippen LogP contribution in [-0.4, -0.2) is 68.4 Å². The maximum atomic E-state index is 12.9. The Hall–Kier alpha value is -2.37. The molecule has 0 bridgehead atoms. The van der Waals surface area contributed by atoms with Crippen molar-refractivity contribution in [1.29, 1.82) is 0 Å². The quantitative estimate of drug-likeness (QED) is 0.293. The van der Waals surface area contributed by atoms with E-state index in [9.17, 15) is 18.3 Å². The van der Waals surface area contributed by atoms with E-state index in [1.807, 2.05) is 12.1 Å². The molecule has 0 spiro atoms. The molecule has 0 aromatic heterocycles. The van der Waals surface area contributed by atoms with E-state index in [1.165, 1.54) is 24.8 Å². The number of piperidine rings is 1. The average Bonchev–Trinajstić information content (AvgIpc) is 2.91. The Morgan fingerprint density at radius 2 is 1.55 bits per heavy atom. The van der Waals surface area contributed by atoms with Gasteiger partial charge in [0, 0.05) is 30.9 Å². The van der Waals surface area contributed by atoms with Gasteiger partial charge in [-0.2, -0.15) is 0 Å². The lowest BCUT2D eigenvalue weighted by atomic mass is 9.95. The summed E-state index contributed by atoms with van der Waals surface area (Å²) in [5, 5.41) is 16.3. The molecule has 11 heteroatoms. The predicted octanol–water partition coefficient (Wildman–Crippen LogP) is 4.03. The number of nitrogens with one attached hydrogen (secondary N) is 3. The number of hydrogen-bond acceptors (Lipinski definition) is 7. The summed E-state index contributed by atoms with van der Waals surface area (Å²) < 4.78 is 31.0. The fraction of sp³-hybridized carbons (Fsp3) is 0.552. The lowest BCUT2D eigenvalue weighted by Gasteiger charge is -2.35. The molecule has 1 aliphatic heterocycles. The Labute approximate surface area is 244 Å². The number of nitrogens with zero attached hydrogens (tertiary/aromatic N) is 1. The first-order chi connectivity index (χ1) is 18.8. The molecule has 2 fully saturated rings. The van der Waals surface area contributed by atoms with E-state index in [0.29, 0.717) is 23.6 Å². The van der Waals surface area contributed by atoms with Crippen LogP contribution in [-0.2, 0) is 21.4 Å². The molecule has 9 nitrogen and oxygen atoms in total. The van der Waals surface area contributed by atoms with Crippen LogP contribution < -0.4 is 20.1 Å². The fourth-order valence-corrected chi connectivity index (χ4v) is 5.94. The summed E-state index contributed by atoms with van der Waals surface area (Å²) in [6.07, 6.45) is 9.21. The minimum Gasteiger partial charge on any atom is -0.457 e. The second-order valence-electron chi connectivity index (χ2n) is 10.8. The van der Waals surface area contributed by atoms with Crippen LogP contribution in [0.3, 0.4) is 0 Å². The molecule has 1 saturated heterocycles. The molecular formula is C29H43ClN4O5S. The van der Waals surface area contributed by atoms with Crippen molar-refractivity contribution in [1.82, 2.24) is 15.5 Å². The number of benzene rings is 2. The van der Waals surface area contributed by atoms with Crippen molar-refractivity contribution in [2.45, 2.75) is 76.0 Å². The highest BCUT2D eigenvalue weighted by Crippen LogP contribution is 2.25. The van der Waals surface area contributed by atoms with Gasteiger partial charge in [-0.25, -0.2) is 8.42 Å². The van der Waals surface area contributed by atoms with E-state index in [2.05, 4.69) is 32.4 Å². The number of ether oxygens (including phenoxy) is 1. The number of carbonyl (C=O) groups excluding carboxylic acids is 1. The first-order valence-electron chi connectivity index (χ1n) is 14.0. The van der Waals surface area contributed by atoms with Crippen LogP contribution in [0.25, 0.3) is 0 Å². The number of aliphatic hydroxyl groups is 1. The minimum atomic E-state index is -3.31. The van der Waals surface area contributed by atoms with Crippen molar-refractivity contribution in [2.75, 3.05) is 30.7 Å². The number of likely N-dealkylation sites (tertiary alicyclic amines) is 1. The van der Waals surface area contributed by atoms with E-state index in [0.717, 1.165) is 51.6 Å². The molecular weight excluding hydrogens is 552 g/mol. The van der Waals surface area contributed by atoms with Gasteiger partial charge in [-0.3, -0.25) is 14.4 Å². The highest BCUT2D eigenvalue weighted by Gasteiger charge is 2.27. The van der Waals surface area contributed by atoms with Gasteiger partial charge in [-0.05, 0) is 87.2 Å². The minimum absolute atomic E-state index is 0. The second kappa shape index (κ2) is 15.6. The number of anilines is 1. The maximum absolute atomic E-state index is 12.9. The first kappa shape index (κ1) is 32.1. The summed E-state index contributed by atoms with van der Waals surface area (Å²) >= 11 is 0. The Morgan fingerprint density at radius 1 is 0.950 bits per heavy atom. The van der Waals surface area contributed by atoms with Crippen LogP contribution in [0.15, 0.2) is 48.5 Å². The lowest BCUT2D eigenvalue weighted by Crippen LogP contribution is -2.53. The van der Waals surface area contributed by atoms with Gasteiger partial charge >= 0.3 is 0 Å². The van der Waals surface area contributed by atoms with Crippen LogP contribution in [0, 0.1) is 0 Å². The van der Waals surface area contributed by atoms with Crippen molar-refractivity contribution in [3.8, 4) is 11.5 Å². The Balaban J connectivity index is 0.00000441. The second-order valence-corrected chi connectivity index (χ2v) is 12.5. The van der Waals surface area contributed by atoms with Gasteiger partial charge in [0.15, 0.2) is 0 Å². The molecule has 2 aliphatic rings. The number of hydrogen-bond donors (Lipinski definition) is 4. The average molecular weight is 595 g/mol. The summed E-state index contributed by atoms with van der Waals surface area (Å²) in [7, 11) is -3.31. The molecule has 40 heavy (non-hydrogen) atoms. The van der Waals surface area contributed by atoms with Gasteiger partial charge in [0.05, 0.1) is 12.3 Å². The number of aliphatic hydroxyl groups excluding tert-OH is 1. The molecule has 2 aromatic carbocycles. The molecule has 1 atom stereocenters. The van der Waals surface area contributed by atoms with E-state index in [4.69, 9.17) is 4.74 Å². The van der Waals surface area contributed by atoms with E-state index < -0.39 is 10.0 Å². The van der Waals surface area contributed by atoms with Crippen molar-refractivity contribution in [2.24, 2.45) is 0 Å². The number of amides is 1. The summed E-state index contributed by atoms with van der Waals surface area (Å²) in [5.74, 6) is 1.37. The largest absolute Gasteiger partial charge is 0.457 e. The zero-order chi connectivity index (χ0) is 27.7. The van der Waals surface area contributed by atoms with Gasteiger partial charge in [0.1, 0.15) is 11.5 Å². The first-order valence-corrected chi connectivity index (χ1v) is 15.9. The Kier molecular flexibility index (Phi) is 12.5. The van der Waals surface area contributed by atoms with E-state index in [1.54, 1.807) is 24.3 Å². The predicted molar refractivity (Wildman–Crippen MR) is 161 cm³/mol. The van der Waals surface area contributed by atoms with Crippen molar-refractivity contribution in [3.63, 3.8) is 0 Å². The van der Waals surface area contributed by atoms with Crippen LogP contribution in [0.2, 0.25) is 0 Å². The maximum Gasteiger partial charge on any atom is 0.237 e. The normalized spacial score (nSPS) is 17.9. The highest BCUT2D eigenvalue weighted by molar-refractivity contribution is 7.92. The van der Waals surface area contributed by atoms with Crippen molar-refractivity contribution >= 4 is 34.0 Å². The molecule has 1 heterocycles. The zero-order valence-corrected chi connectivity index (χ0v) is 24.8. The molecule has 1 amide bonds. The SMILES string of the molecule is CS(=O)(=O)Nc1ccc(Oc2ccc(CN3CCC(NC(CCO)C(=O)NC4CCCCC4)CC3)cc2)cc1.Cl. The van der Waals surface area contributed by atoms with Gasteiger partial charge in [0.25, 0.3) is 0 Å². The summed E-state index contributed by atoms with van der Waals surface area (Å²) in [6.45, 7) is 2.74. The Bertz CT molecular complexity index is 1150. The third-order valence-corrected chi connectivity index (χ3v) is 8.04. The number of sulfonamides is 1. The lowest BCUT2D eigenvalue weighted by molar-refractivity contribution is -0.124. The smallest absolute Gasteiger partial charge is 0.237 e. The van der Waals surface area contributed by atoms with E-state index >= 15 is 0 Å². The van der Waals surface area contributed by atoms with Gasteiger partial charge < -0.3 is 20.5 Å². The number of carbonyl (C=O) groups is 1. The van der Waals surface area contributed by atoms with Gasteiger partial charge in [-0.1, -0.05) is 31.4 Å². The van der Waals surface area contributed by atoms with Crippen LogP contribution >= 0.6 is 12.4 Å². The van der Waals surface area contributed by atoms with Crippen molar-refractivity contribution in [3.05, 3.63) is 54.1 Å². The highest BCUT2D eigenvalue weighted by atomic mass is 35.5.